The molecule has 0 aliphatic heterocycles. The van der Waals surface area contributed by atoms with E-state index in [2.05, 4.69) is 23.2 Å². The Hall–Kier alpha value is -1.06. The number of aryl methyl sites for hydroxylation is 2. The Morgan fingerprint density at radius 1 is 0.864 bits per heavy atom. The van der Waals surface area contributed by atoms with Gasteiger partial charge in [0.25, 0.3) is 0 Å². The summed E-state index contributed by atoms with van der Waals surface area (Å²) < 4.78 is 0. The summed E-state index contributed by atoms with van der Waals surface area (Å²) in [6.07, 6.45) is 2.30. The van der Waals surface area contributed by atoms with Crippen molar-refractivity contribution >= 4 is 23.2 Å². The van der Waals surface area contributed by atoms with E-state index in [1.54, 1.807) is 0 Å². The van der Waals surface area contributed by atoms with Gasteiger partial charge in [-0.3, -0.25) is 0 Å². The van der Waals surface area contributed by atoms with Crippen LogP contribution in [0.2, 0.25) is 10.0 Å². The van der Waals surface area contributed by atoms with Crippen LogP contribution < -0.4 is 11.1 Å². The lowest BCUT2D eigenvalue weighted by molar-refractivity contribution is 0.725. The second-order valence-corrected chi connectivity index (χ2v) is 5.50. The molecule has 0 atom stereocenters. The zero-order chi connectivity index (χ0) is 16.8. The molecule has 0 saturated carbocycles. The summed E-state index contributed by atoms with van der Waals surface area (Å²) in [6.45, 7) is 3.11. The van der Waals surface area contributed by atoms with Gasteiger partial charge in [-0.2, -0.15) is 0 Å². The number of hydrogen-bond acceptors (Lipinski definition) is 2. The van der Waals surface area contributed by atoms with Gasteiger partial charge >= 0.3 is 0 Å². The smallest absolute Gasteiger partial charge is 0.0406 e. The van der Waals surface area contributed by atoms with Crippen LogP contribution in [0.1, 0.15) is 17.5 Å². The van der Waals surface area contributed by atoms with E-state index in [1.165, 1.54) is 24.6 Å². The van der Waals surface area contributed by atoms with Gasteiger partial charge < -0.3 is 11.1 Å². The molecule has 0 unspecified atom stereocenters. The minimum atomic E-state index is 0.801. The lowest BCUT2D eigenvalue weighted by atomic mass is 10.1. The molecule has 2 aromatic carbocycles. The standard InChI is InChI=1S/C10H14ClN.C7H7Cl.CH5N/c1-12-8-2-3-9-4-6-10(11)7-5-9;1-6-2-4-7(8)5-3-6;1-2/h4-7,12H,2-3,8H2,1H3;2-5H,1H3;2H2,1H3. The van der Waals surface area contributed by atoms with E-state index >= 15 is 0 Å². The van der Waals surface area contributed by atoms with Crippen molar-refractivity contribution < 1.29 is 0 Å². The van der Waals surface area contributed by atoms with E-state index in [-0.39, 0.29) is 0 Å². The Balaban J connectivity index is 0.000000382. The highest BCUT2D eigenvalue weighted by molar-refractivity contribution is 6.30. The van der Waals surface area contributed by atoms with Gasteiger partial charge in [0, 0.05) is 10.0 Å². The summed E-state index contributed by atoms with van der Waals surface area (Å²) in [6, 6.07) is 15.8. The molecular weight excluding hydrogens is 315 g/mol. The summed E-state index contributed by atoms with van der Waals surface area (Å²) in [5, 5.41) is 4.74. The van der Waals surface area contributed by atoms with Crippen LogP contribution >= 0.6 is 23.2 Å². The predicted molar refractivity (Wildman–Crippen MR) is 100 cm³/mol. The van der Waals surface area contributed by atoms with Gasteiger partial charge in [-0.15, -0.1) is 0 Å². The van der Waals surface area contributed by atoms with E-state index < -0.39 is 0 Å². The molecule has 0 spiro atoms. The average molecular weight is 341 g/mol. The zero-order valence-electron chi connectivity index (χ0n) is 13.6. The van der Waals surface area contributed by atoms with Crippen molar-refractivity contribution in [3.63, 3.8) is 0 Å². The molecule has 0 aliphatic rings. The zero-order valence-corrected chi connectivity index (χ0v) is 15.1. The second-order valence-electron chi connectivity index (χ2n) is 4.63. The van der Waals surface area contributed by atoms with Gasteiger partial charge in [0.15, 0.2) is 0 Å². The molecule has 0 heterocycles. The molecule has 2 rings (SSSR count). The molecule has 0 bridgehead atoms. The van der Waals surface area contributed by atoms with Crippen LogP contribution in [0.25, 0.3) is 0 Å². The largest absolute Gasteiger partial charge is 0.333 e. The van der Waals surface area contributed by atoms with Crippen LogP contribution in [0.4, 0.5) is 0 Å². The second kappa shape index (κ2) is 13.6. The Kier molecular flexibility index (Phi) is 12.9. The van der Waals surface area contributed by atoms with Gasteiger partial charge in [-0.1, -0.05) is 53.0 Å². The summed E-state index contributed by atoms with van der Waals surface area (Å²) in [7, 11) is 3.47. The van der Waals surface area contributed by atoms with Crippen molar-refractivity contribution in [1.29, 1.82) is 0 Å². The van der Waals surface area contributed by atoms with E-state index in [4.69, 9.17) is 23.2 Å². The average Bonchev–Trinajstić information content (AvgIpc) is 2.55. The number of halogens is 2. The first-order valence-electron chi connectivity index (χ1n) is 7.31. The fourth-order valence-electron chi connectivity index (χ4n) is 1.65. The number of hydrogen-bond donors (Lipinski definition) is 2. The SMILES string of the molecule is CN.CNCCCc1ccc(Cl)cc1.Cc1ccc(Cl)cc1. The van der Waals surface area contributed by atoms with E-state index in [9.17, 15) is 0 Å². The van der Waals surface area contributed by atoms with Crippen LogP contribution in [-0.2, 0) is 6.42 Å². The summed E-state index contributed by atoms with van der Waals surface area (Å²) in [4.78, 5) is 0. The van der Waals surface area contributed by atoms with Crippen molar-refractivity contribution in [2.45, 2.75) is 19.8 Å². The van der Waals surface area contributed by atoms with Gasteiger partial charge in [-0.25, -0.2) is 0 Å². The van der Waals surface area contributed by atoms with E-state index in [1.807, 2.05) is 50.4 Å². The summed E-state index contributed by atoms with van der Waals surface area (Å²) in [5.41, 5.74) is 7.10. The van der Waals surface area contributed by atoms with Crippen LogP contribution in [-0.4, -0.2) is 20.6 Å². The topological polar surface area (TPSA) is 38.0 Å². The molecule has 4 heteroatoms. The monoisotopic (exact) mass is 340 g/mol. The third-order valence-electron chi connectivity index (χ3n) is 2.82. The first-order chi connectivity index (χ1) is 10.6. The molecule has 2 aromatic rings. The van der Waals surface area contributed by atoms with Crippen LogP contribution in [0.5, 0.6) is 0 Å². The first kappa shape index (κ1) is 20.9. The first-order valence-corrected chi connectivity index (χ1v) is 8.06. The van der Waals surface area contributed by atoms with Crippen LogP contribution in [0.15, 0.2) is 48.5 Å². The maximum atomic E-state index is 5.76. The number of nitrogens with two attached hydrogens (primary N) is 1. The highest BCUT2D eigenvalue weighted by Crippen LogP contribution is 2.10. The predicted octanol–water partition coefficient (Wildman–Crippen LogP) is 4.72. The summed E-state index contributed by atoms with van der Waals surface area (Å²) >= 11 is 11.4. The lowest BCUT2D eigenvalue weighted by Crippen LogP contribution is -2.08. The Morgan fingerprint density at radius 3 is 1.73 bits per heavy atom. The maximum Gasteiger partial charge on any atom is 0.0406 e. The van der Waals surface area contributed by atoms with Gasteiger partial charge in [0.05, 0.1) is 0 Å². The van der Waals surface area contributed by atoms with Crippen LogP contribution in [0, 0.1) is 6.92 Å². The van der Waals surface area contributed by atoms with E-state index in [0.717, 1.165) is 23.0 Å². The fourth-order valence-corrected chi connectivity index (χ4v) is 1.91. The van der Waals surface area contributed by atoms with Crippen molar-refractivity contribution in [3.8, 4) is 0 Å². The minimum Gasteiger partial charge on any atom is -0.333 e. The van der Waals surface area contributed by atoms with Crippen molar-refractivity contribution in [2.24, 2.45) is 5.73 Å². The molecule has 122 valence electrons. The Morgan fingerprint density at radius 2 is 1.32 bits per heavy atom. The number of benzene rings is 2. The molecule has 0 aliphatic carbocycles. The van der Waals surface area contributed by atoms with E-state index in [0.29, 0.717) is 0 Å². The van der Waals surface area contributed by atoms with Gasteiger partial charge in [0.1, 0.15) is 0 Å². The van der Waals surface area contributed by atoms with Crippen molar-refractivity contribution in [1.82, 2.24) is 5.32 Å². The minimum absolute atomic E-state index is 0.801. The van der Waals surface area contributed by atoms with Crippen LogP contribution in [0.3, 0.4) is 0 Å². The molecule has 0 radical (unpaired) electrons. The third kappa shape index (κ3) is 10.6. The molecule has 0 amide bonds. The molecule has 0 fully saturated rings. The molecule has 0 aromatic heterocycles. The Labute approximate surface area is 144 Å². The normalized spacial score (nSPS) is 9.18. The van der Waals surface area contributed by atoms with Crippen molar-refractivity contribution in [2.75, 3.05) is 20.6 Å². The fraction of sp³-hybridized carbons (Fsp3) is 0.333. The van der Waals surface area contributed by atoms with Crippen molar-refractivity contribution in [3.05, 3.63) is 69.7 Å². The molecule has 3 N–H and O–H groups in total. The van der Waals surface area contributed by atoms with Gasteiger partial charge in [-0.05, 0) is 70.2 Å². The quantitative estimate of drug-likeness (QED) is 0.790. The molecule has 22 heavy (non-hydrogen) atoms. The maximum absolute atomic E-state index is 5.76. The molecule has 0 saturated heterocycles. The van der Waals surface area contributed by atoms with Gasteiger partial charge in [0.2, 0.25) is 0 Å². The number of rotatable bonds is 4. The lowest BCUT2D eigenvalue weighted by Gasteiger charge is -2.00. The third-order valence-corrected chi connectivity index (χ3v) is 3.32. The number of nitrogens with one attached hydrogen (secondary N) is 1. The summed E-state index contributed by atoms with van der Waals surface area (Å²) in [5.74, 6) is 0. The highest BCUT2D eigenvalue weighted by atomic mass is 35.5. The molecular formula is C18H26Cl2N2. The molecule has 2 nitrogen and oxygen atoms in total. The Bertz CT molecular complexity index is 460. The highest BCUT2D eigenvalue weighted by Gasteiger charge is 1.92.